The van der Waals surface area contributed by atoms with Crippen LogP contribution in [0, 0.1) is 17.0 Å². The van der Waals surface area contributed by atoms with Crippen molar-refractivity contribution >= 4 is 17.6 Å². The number of ether oxygens (including phenoxy) is 1. The number of nitro benzene ring substituents is 1. The molecule has 7 heteroatoms. The maximum absolute atomic E-state index is 10.9. The number of phenols is 1. The quantitative estimate of drug-likeness (QED) is 0.502. The summed E-state index contributed by atoms with van der Waals surface area (Å²) in [5, 5.41) is 24.6. The standard InChI is InChI=1S/C15H15N3O4/c1-10-3-5-12(6-4-10)17-16-9-11-7-13(18(20)21)15(19)14(8-11)22-2/h3-9,17,19H,1-2H3. The van der Waals surface area contributed by atoms with E-state index < -0.39 is 16.4 Å². The van der Waals surface area contributed by atoms with Gasteiger partial charge in [-0.15, -0.1) is 0 Å². The molecule has 2 aromatic carbocycles. The molecule has 0 aliphatic heterocycles. The highest BCUT2D eigenvalue weighted by molar-refractivity contribution is 5.83. The zero-order chi connectivity index (χ0) is 16.1. The fourth-order valence-corrected chi connectivity index (χ4v) is 1.79. The van der Waals surface area contributed by atoms with Gasteiger partial charge in [0.1, 0.15) is 0 Å². The van der Waals surface area contributed by atoms with Crippen molar-refractivity contribution in [3.8, 4) is 11.5 Å². The molecule has 2 aromatic rings. The van der Waals surface area contributed by atoms with Crippen LogP contribution >= 0.6 is 0 Å². The first kappa shape index (κ1) is 15.3. The molecule has 0 radical (unpaired) electrons. The molecule has 0 aromatic heterocycles. The molecule has 2 N–H and O–H groups in total. The number of nitro groups is 1. The van der Waals surface area contributed by atoms with Gasteiger partial charge in [-0.3, -0.25) is 15.5 Å². The van der Waals surface area contributed by atoms with Gasteiger partial charge in [0, 0.05) is 11.6 Å². The lowest BCUT2D eigenvalue weighted by atomic mass is 10.2. The van der Waals surface area contributed by atoms with Crippen LogP contribution in [0.3, 0.4) is 0 Å². The van der Waals surface area contributed by atoms with Gasteiger partial charge in [0.05, 0.1) is 23.9 Å². The molecular weight excluding hydrogens is 286 g/mol. The number of anilines is 1. The second-order valence-electron chi connectivity index (χ2n) is 4.58. The summed E-state index contributed by atoms with van der Waals surface area (Å²) < 4.78 is 4.92. The van der Waals surface area contributed by atoms with Gasteiger partial charge in [-0.05, 0) is 25.1 Å². The largest absolute Gasteiger partial charge is 0.500 e. The third-order valence-electron chi connectivity index (χ3n) is 2.95. The highest BCUT2D eigenvalue weighted by atomic mass is 16.6. The Balaban J connectivity index is 2.21. The monoisotopic (exact) mass is 301 g/mol. The SMILES string of the molecule is COc1cc(C=NNc2ccc(C)cc2)cc([N+](=O)[O-])c1O. The van der Waals surface area contributed by atoms with E-state index in [0.29, 0.717) is 5.56 Å². The first-order valence-corrected chi connectivity index (χ1v) is 6.42. The van der Waals surface area contributed by atoms with E-state index in [1.807, 2.05) is 31.2 Å². The lowest BCUT2D eigenvalue weighted by molar-refractivity contribution is -0.386. The van der Waals surface area contributed by atoms with Crippen molar-refractivity contribution in [1.29, 1.82) is 0 Å². The van der Waals surface area contributed by atoms with Crippen molar-refractivity contribution in [2.24, 2.45) is 5.10 Å². The van der Waals surface area contributed by atoms with Gasteiger partial charge in [0.25, 0.3) is 0 Å². The van der Waals surface area contributed by atoms with E-state index in [2.05, 4.69) is 10.5 Å². The van der Waals surface area contributed by atoms with Crippen LogP contribution in [0.2, 0.25) is 0 Å². The molecule has 0 heterocycles. The summed E-state index contributed by atoms with van der Waals surface area (Å²) in [4.78, 5) is 10.2. The molecule has 0 atom stereocenters. The zero-order valence-electron chi connectivity index (χ0n) is 12.1. The number of hydrogen-bond acceptors (Lipinski definition) is 6. The number of methoxy groups -OCH3 is 1. The molecule has 0 amide bonds. The first-order chi connectivity index (χ1) is 10.5. The third-order valence-corrected chi connectivity index (χ3v) is 2.95. The van der Waals surface area contributed by atoms with Crippen molar-refractivity contribution in [2.75, 3.05) is 12.5 Å². The lowest BCUT2D eigenvalue weighted by Crippen LogP contribution is -1.96. The minimum absolute atomic E-state index is 0.0194. The Morgan fingerprint density at radius 3 is 2.59 bits per heavy atom. The molecule has 0 saturated carbocycles. The number of aryl methyl sites for hydroxylation is 1. The second kappa shape index (κ2) is 6.57. The Morgan fingerprint density at radius 2 is 2.00 bits per heavy atom. The first-order valence-electron chi connectivity index (χ1n) is 6.42. The van der Waals surface area contributed by atoms with E-state index in [4.69, 9.17) is 4.74 Å². The minimum Gasteiger partial charge on any atom is -0.500 e. The van der Waals surface area contributed by atoms with Crippen LogP contribution in [0.5, 0.6) is 11.5 Å². The number of aromatic hydroxyl groups is 1. The average Bonchev–Trinajstić information content (AvgIpc) is 2.50. The molecule has 0 saturated heterocycles. The lowest BCUT2D eigenvalue weighted by Gasteiger charge is -2.05. The highest BCUT2D eigenvalue weighted by Gasteiger charge is 2.19. The minimum atomic E-state index is -0.678. The summed E-state index contributed by atoms with van der Waals surface area (Å²) in [5.74, 6) is -0.484. The smallest absolute Gasteiger partial charge is 0.315 e. The number of hydrogen-bond donors (Lipinski definition) is 2. The fourth-order valence-electron chi connectivity index (χ4n) is 1.79. The van der Waals surface area contributed by atoms with E-state index in [0.717, 1.165) is 11.3 Å². The van der Waals surface area contributed by atoms with E-state index in [1.54, 1.807) is 0 Å². The molecule has 0 unspecified atom stereocenters. The molecule has 114 valence electrons. The summed E-state index contributed by atoms with van der Waals surface area (Å²) in [5.41, 5.74) is 4.74. The Morgan fingerprint density at radius 1 is 1.32 bits per heavy atom. The summed E-state index contributed by atoms with van der Waals surface area (Å²) in [6.45, 7) is 1.98. The van der Waals surface area contributed by atoms with E-state index in [-0.39, 0.29) is 5.75 Å². The Kier molecular flexibility index (Phi) is 4.57. The molecule has 0 bridgehead atoms. The van der Waals surface area contributed by atoms with Crippen LogP contribution in [-0.4, -0.2) is 23.4 Å². The molecule has 0 spiro atoms. The second-order valence-corrected chi connectivity index (χ2v) is 4.58. The molecule has 22 heavy (non-hydrogen) atoms. The molecule has 2 rings (SSSR count). The predicted molar refractivity (Wildman–Crippen MR) is 83.7 cm³/mol. The van der Waals surface area contributed by atoms with Gasteiger partial charge in [-0.25, -0.2) is 0 Å². The van der Waals surface area contributed by atoms with Crippen molar-refractivity contribution in [3.05, 3.63) is 57.6 Å². The number of phenolic OH excluding ortho intramolecular Hbond substituents is 1. The van der Waals surface area contributed by atoms with Crippen molar-refractivity contribution in [2.45, 2.75) is 6.92 Å². The van der Waals surface area contributed by atoms with Crippen LogP contribution in [0.4, 0.5) is 11.4 Å². The molecule has 0 aliphatic carbocycles. The summed E-state index contributed by atoms with van der Waals surface area (Å²) >= 11 is 0. The Labute approximate surface area is 127 Å². The van der Waals surface area contributed by atoms with E-state index >= 15 is 0 Å². The van der Waals surface area contributed by atoms with Gasteiger partial charge in [0.15, 0.2) is 5.75 Å². The summed E-state index contributed by atoms with van der Waals surface area (Å²) in [7, 11) is 1.32. The number of hydrazone groups is 1. The maximum atomic E-state index is 10.9. The van der Waals surface area contributed by atoms with Crippen molar-refractivity contribution in [1.82, 2.24) is 0 Å². The molecule has 0 aliphatic rings. The molecule has 7 nitrogen and oxygen atoms in total. The van der Waals surface area contributed by atoms with Gasteiger partial charge in [-0.2, -0.15) is 5.10 Å². The molecular formula is C15H15N3O4. The number of nitrogens with zero attached hydrogens (tertiary/aromatic N) is 2. The van der Waals surface area contributed by atoms with E-state index in [1.165, 1.54) is 25.5 Å². The third kappa shape index (κ3) is 3.51. The fraction of sp³-hybridized carbons (Fsp3) is 0.133. The maximum Gasteiger partial charge on any atom is 0.315 e. The number of nitrogens with one attached hydrogen (secondary N) is 1. The van der Waals surface area contributed by atoms with Gasteiger partial charge in [0.2, 0.25) is 5.75 Å². The highest BCUT2D eigenvalue weighted by Crippen LogP contribution is 2.36. The predicted octanol–water partition coefficient (Wildman–Crippen LogP) is 3.06. The summed E-state index contributed by atoms with van der Waals surface area (Å²) in [6.07, 6.45) is 1.41. The zero-order valence-corrected chi connectivity index (χ0v) is 12.1. The van der Waals surface area contributed by atoms with Crippen LogP contribution < -0.4 is 10.2 Å². The summed E-state index contributed by atoms with van der Waals surface area (Å²) in [6, 6.07) is 10.3. The van der Waals surface area contributed by atoms with Gasteiger partial charge in [-0.1, -0.05) is 17.7 Å². The van der Waals surface area contributed by atoms with Crippen LogP contribution in [0.1, 0.15) is 11.1 Å². The van der Waals surface area contributed by atoms with Gasteiger partial charge < -0.3 is 9.84 Å². The topological polar surface area (TPSA) is 97.0 Å². The Bertz CT molecular complexity index is 711. The molecule has 0 fully saturated rings. The van der Waals surface area contributed by atoms with Crippen LogP contribution in [0.25, 0.3) is 0 Å². The van der Waals surface area contributed by atoms with Crippen molar-refractivity contribution < 1.29 is 14.8 Å². The normalized spacial score (nSPS) is 10.6. The van der Waals surface area contributed by atoms with Gasteiger partial charge >= 0.3 is 5.69 Å². The van der Waals surface area contributed by atoms with E-state index in [9.17, 15) is 15.2 Å². The van der Waals surface area contributed by atoms with Crippen LogP contribution in [-0.2, 0) is 0 Å². The average molecular weight is 301 g/mol. The number of rotatable bonds is 5. The van der Waals surface area contributed by atoms with Crippen molar-refractivity contribution in [3.63, 3.8) is 0 Å². The number of benzene rings is 2. The van der Waals surface area contributed by atoms with Crippen LogP contribution in [0.15, 0.2) is 41.5 Å². The Hall–Kier alpha value is -3.09.